The number of likely N-dealkylation sites (tertiary alicyclic amines) is 1. The molecule has 1 aliphatic heterocycles. The van der Waals surface area contributed by atoms with Crippen LogP contribution in [0, 0.1) is 5.92 Å². The Morgan fingerprint density at radius 1 is 1.18 bits per heavy atom. The number of aliphatic imine (C=N–C) groups is 1. The van der Waals surface area contributed by atoms with Crippen LogP contribution in [0.25, 0.3) is 0 Å². The van der Waals surface area contributed by atoms with Gasteiger partial charge in [-0.1, -0.05) is 19.8 Å². The average molecular weight is 507 g/mol. The summed E-state index contributed by atoms with van der Waals surface area (Å²) in [6.45, 7) is 8.87. The summed E-state index contributed by atoms with van der Waals surface area (Å²) in [6, 6.07) is 0.428. The molecular weight excluding hydrogens is 469 g/mol. The number of guanidine groups is 1. The lowest BCUT2D eigenvalue weighted by Gasteiger charge is -2.21. The smallest absolute Gasteiger partial charge is 0.225 e. The van der Waals surface area contributed by atoms with Gasteiger partial charge >= 0.3 is 0 Å². The standard InChI is InChI=1S/C20H37N5O2.HI/c1-4-15(3)23-18(26)10-12-22-20(21-5-2)24-17-11-13-25(14-17)19(27)16-8-6-7-9-16;/h15-17H,4-14H2,1-3H3,(H,23,26)(H2,21,22,24);1H. The van der Waals surface area contributed by atoms with Crippen molar-refractivity contribution >= 4 is 41.8 Å². The maximum absolute atomic E-state index is 12.6. The molecule has 1 saturated carbocycles. The maximum Gasteiger partial charge on any atom is 0.225 e. The van der Waals surface area contributed by atoms with Crippen molar-refractivity contribution in [2.45, 2.75) is 77.8 Å². The number of nitrogens with zero attached hydrogens (tertiary/aromatic N) is 2. The molecule has 2 unspecified atom stereocenters. The van der Waals surface area contributed by atoms with Gasteiger partial charge in [0, 0.05) is 44.1 Å². The van der Waals surface area contributed by atoms with Crippen molar-refractivity contribution in [1.82, 2.24) is 20.9 Å². The molecule has 2 atom stereocenters. The van der Waals surface area contributed by atoms with Crippen LogP contribution in [0.5, 0.6) is 0 Å². The Labute approximate surface area is 186 Å². The van der Waals surface area contributed by atoms with Crippen LogP contribution < -0.4 is 16.0 Å². The number of rotatable bonds is 8. The number of hydrogen-bond donors (Lipinski definition) is 3. The van der Waals surface area contributed by atoms with Crippen molar-refractivity contribution in [3.63, 3.8) is 0 Å². The van der Waals surface area contributed by atoms with E-state index in [1.807, 2.05) is 18.7 Å². The van der Waals surface area contributed by atoms with Gasteiger partial charge in [-0.05, 0) is 39.5 Å². The van der Waals surface area contributed by atoms with Crippen molar-refractivity contribution in [1.29, 1.82) is 0 Å². The first-order valence-corrected chi connectivity index (χ1v) is 10.7. The largest absolute Gasteiger partial charge is 0.357 e. The van der Waals surface area contributed by atoms with E-state index in [0.717, 1.165) is 51.3 Å². The fourth-order valence-electron chi connectivity index (χ4n) is 3.74. The van der Waals surface area contributed by atoms with Crippen LogP contribution in [0.3, 0.4) is 0 Å². The van der Waals surface area contributed by atoms with E-state index >= 15 is 0 Å². The molecule has 1 heterocycles. The van der Waals surface area contributed by atoms with Crippen molar-refractivity contribution in [3.05, 3.63) is 0 Å². The molecule has 0 aromatic rings. The normalized spacial score (nSPS) is 21.2. The molecule has 2 rings (SSSR count). The van der Waals surface area contributed by atoms with Crippen LogP contribution in [0.4, 0.5) is 0 Å². The Kier molecular flexibility index (Phi) is 11.8. The van der Waals surface area contributed by atoms with E-state index < -0.39 is 0 Å². The predicted octanol–water partition coefficient (Wildman–Crippen LogP) is 2.26. The Hall–Kier alpha value is -1.06. The summed E-state index contributed by atoms with van der Waals surface area (Å²) in [5.41, 5.74) is 0. The summed E-state index contributed by atoms with van der Waals surface area (Å²) in [4.78, 5) is 31.0. The molecule has 0 spiro atoms. The summed E-state index contributed by atoms with van der Waals surface area (Å²) >= 11 is 0. The number of nitrogens with one attached hydrogen (secondary N) is 3. The highest BCUT2D eigenvalue weighted by molar-refractivity contribution is 14.0. The van der Waals surface area contributed by atoms with E-state index in [-0.39, 0.29) is 47.9 Å². The second kappa shape index (κ2) is 13.2. The summed E-state index contributed by atoms with van der Waals surface area (Å²) in [6.07, 6.45) is 6.74. The Morgan fingerprint density at radius 2 is 1.89 bits per heavy atom. The molecule has 2 fully saturated rings. The molecule has 8 heteroatoms. The van der Waals surface area contributed by atoms with Gasteiger partial charge < -0.3 is 20.9 Å². The quantitative estimate of drug-likeness (QED) is 0.267. The molecule has 1 aliphatic carbocycles. The predicted molar refractivity (Wildman–Crippen MR) is 124 cm³/mol. The third kappa shape index (κ3) is 8.13. The molecule has 2 amide bonds. The van der Waals surface area contributed by atoms with Gasteiger partial charge in [0.1, 0.15) is 0 Å². The van der Waals surface area contributed by atoms with Crippen LogP contribution in [-0.2, 0) is 9.59 Å². The van der Waals surface area contributed by atoms with E-state index in [0.29, 0.717) is 18.9 Å². The maximum atomic E-state index is 12.6. The highest BCUT2D eigenvalue weighted by Gasteiger charge is 2.32. The van der Waals surface area contributed by atoms with Gasteiger partial charge in [-0.3, -0.25) is 14.6 Å². The SMILES string of the molecule is CCNC(=NCCC(=O)NC(C)CC)NC1CCN(C(=O)C2CCCC2)C1.I. The van der Waals surface area contributed by atoms with Crippen LogP contribution in [0.1, 0.15) is 65.7 Å². The Balaban J connectivity index is 0.00000392. The zero-order valence-corrected chi connectivity index (χ0v) is 20.0. The zero-order chi connectivity index (χ0) is 19.6. The van der Waals surface area contributed by atoms with Crippen LogP contribution in [0.2, 0.25) is 0 Å². The van der Waals surface area contributed by atoms with E-state index in [1.165, 1.54) is 12.8 Å². The molecule has 28 heavy (non-hydrogen) atoms. The molecular formula is C20H38IN5O2. The first kappa shape index (κ1) is 25.0. The molecule has 7 nitrogen and oxygen atoms in total. The minimum atomic E-state index is 0. The number of carbonyl (C=O) groups is 2. The lowest BCUT2D eigenvalue weighted by atomic mass is 10.1. The van der Waals surface area contributed by atoms with Gasteiger partial charge in [0.05, 0.1) is 6.54 Å². The first-order chi connectivity index (χ1) is 13.0. The van der Waals surface area contributed by atoms with Crippen LogP contribution in [-0.4, -0.2) is 60.9 Å². The molecule has 162 valence electrons. The minimum absolute atomic E-state index is 0. The summed E-state index contributed by atoms with van der Waals surface area (Å²) < 4.78 is 0. The van der Waals surface area contributed by atoms with E-state index in [4.69, 9.17) is 0 Å². The molecule has 2 aliphatic rings. The summed E-state index contributed by atoms with van der Waals surface area (Å²) in [5.74, 6) is 1.35. The topological polar surface area (TPSA) is 85.8 Å². The monoisotopic (exact) mass is 507 g/mol. The molecule has 0 aromatic carbocycles. The van der Waals surface area contributed by atoms with Crippen molar-refractivity contribution < 1.29 is 9.59 Å². The van der Waals surface area contributed by atoms with Gasteiger partial charge in [0.25, 0.3) is 0 Å². The van der Waals surface area contributed by atoms with Crippen molar-refractivity contribution in [3.8, 4) is 0 Å². The number of halogens is 1. The van der Waals surface area contributed by atoms with Gasteiger partial charge in [-0.25, -0.2) is 0 Å². The van der Waals surface area contributed by atoms with Gasteiger partial charge in [0.2, 0.25) is 11.8 Å². The summed E-state index contributed by atoms with van der Waals surface area (Å²) in [7, 11) is 0. The van der Waals surface area contributed by atoms with Crippen molar-refractivity contribution in [2.24, 2.45) is 10.9 Å². The molecule has 0 bridgehead atoms. The molecule has 3 N–H and O–H groups in total. The van der Waals surface area contributed by atoms with Crippen LogP contribution in [0.15, 0.2) is 4.99 Å². The second-order valence-corrected chi connectivity index (χ2v) is 7.78. The summed E-state index contributed by atoms with van der Waals surface area (Å²) in [5, 5.41) is 9.63. The Bertz CT molecular complexity index is 523. The van der Waals surface area contributed by atoms with Gasteiger partial charge in [0.15, 0.2) is 5.96 Å². The third-order valence-electron chi connectivity index (χ3n) is 5.52. The molecule has 0 aromatic heterocycles. The molecule has 1 saturated heterocycles. The lowest BCUT2D eigenvalue weighted by Crippen LogP contribution is -2.45. The van der Waals surface area contributed by atoms with Gasteiger partial charge in [-0.2, -0.15) is 0 Å². The second-order valence-electron chi connectivity index (χ2n) is 7.78. The van der Waals surface area contributed by atoms with Crippen molar-refractivity contribution in [2.75, 3.05) is 26.2 Å². The average Bonchev–Trinajstić information content (AvgIpc) is 3.33. The first-order valence-electron chi connectivity index (χ1n) is 10.7. The fourth-order valence-corrected chi connectivity index (χ4v) is 3.74. The number of carbonyl (C=O) groups excluding carboxylic acids is 2. The Morgan fingerprint density at radius 3 is 2.54 bits per heavy atom. The number of hydrogen-bond acceptors (Lipinski definition) is 3. The zero-order valence-electron chi connectivity index (χ0n) is 17.6. The fraction of sp³-hybridized carbons (Fsp3) is 0.850. The highest BCUT2D eigenvalue weighted by atomic mass is 127. The van der Waals surface area contributed by atoms with E-state index in [9.17, 15) is 9.59 Å². The van der Waals surface area contributed by atoms with E-state index in [1.54, 1.807) is 0 Å². The number of amides is 2. The minimum Gasteiger partial charge on any atom is -0.357 e. The lowest BCUT2D eigenvalue weighted by molar-refractivity contribution is -0.134. The van der Waals surface area contributed by atoms with Gasteiger partial charge in [-0.15, -0.1) is 24.0 Å². The molecule has 0 radical (unpaired) electrons. The van der Waals surface area contributed by atoms with Crippen LogP contribution >= 0.6 is 24.0 Å². The van der Waals surface area contributed by atoms with E-state index in [2.05, 4.69) is 27.9 Å². The third-order valence-corrected chi connectivity index (χ3v) is 5.52. The highest BCUT2D eigenvalue weighted by Crippen LogP contribution is 2.27.